The molecule has 2 aromatic rings. The van der Waals surface area contributed by atoms with E-state index in [9.17, 15) is 9.90 Å². The van der Waals surface area contributed by atoms with Gasteiger partial charge in [-0.3, -0.25) is 4.79 Å². The van der Waals surface area contributed by atoms with Gasteiger partial charge in [-0.25, -0.2) is 0 Å². The van der Waals surface area contributed by atoms with Crippen LogP contribution >= 0.6 is 11.3 Å². The number of benzene rings is 1. The third kappa shape index (κ3) is 3.06. The lowest BCUT2D eigenvalue weighted by molar-refractivity contribution is 0.0937. The molecule has 1 atom stereocenters. The smallest absolute Gasteiger partial charge is 0.255 e. The second-order valence-electron chi connectivity index (χ2n) is 4.09. The molecule has 0 saturated carbocycles. The number of phenolic OH excluding ortho intramolecular Hbond substituents is 1. The van der Waals surface area contributed by atoms with Gasteiger partial charge in [0.1, 0.15) is 11.5 Å². The Bertz CT molecular complexity index is 566. The molecule has 1 heterocycles. The van der Waals surface area contributed by atoms with Gasteiger partial charge in [0, 0.05) is 4.88 Å². The fourth-order valence-corrected chi connectivity index (χ4v) is 2.44. The molecule has 19 heavy (non-hydrogen) atoms. The number of hydrogen-bond donors (Lipinski definition) is 2. The minimum absolute atomic E-state index is 0.0586. The van der Waals surface area contributed by atoms with Crippen molar-refractivity contribution in [2.75, 3.05) is 7.11 Å². The third-order valence-electron chi connectivity index (χ3n) is 2.77. The number of carbonyl (C=O) groups is 1. The quantitative estimate of drug-likeness (QED) is 0.903. The lowest BCUT2D eigenvalue weighted by Gasteiger charge is -2.13. The molecular weight excluding hydrogens is 262 g/mol. The molecule has 5 heteroatoms. The third-order valence-corrected chi connectivity index (χ3v) is 3.82. The minimum Gasteiger partial charge on any atom is -0.507 e. The van der Waals surface area contributed by atoms with Crippen molar-refractivity contribution in [1.82, 2.24) is 5.32 Å². The fourth-order valence-electron chi connectivity index (χ4n) is 1.71. The molecule has 0 saturated heterocycles. The summed E-state index contributed by atoms with van der Waals surface area (Å²) in [6.07, 6.45) is 0. The van der Waals surface area contributed by atoms with Crippen LogP contribution < -0.4 is 10.1 Å². The van der Waals surface area contributed by atoms with Crippen LogP contribution in [0.25, 0.3) is 0 Å². The van der Waals surface area contributed by atoms with E-state index in [0.29, 0.717) is 5.75 Å². The van der Waals surface area contributed by atoms with E-state index in [0.717, 1.165) is 4.88 Å². The average molecular weight is 277 g/mol. The van der Waals surface area contributed by atoms with Crippen molar-refractivity contribution in [3.63, 3.8) is 0 Å². The zero-order chi connectivity index (χ0) is 13.8. The maximum Gasteiger partial charge on any atom is 0.255 e. The van der Waals surface area contributed by atoms with E-state index >= 15 is 0 Å². The molecule has 1 amide bonds. The van der Waals surface area contributed by atoms with Crippen LogP contribution in [0.15, 0.2) is 35.7 Å². The molecule has 0 aliphatic rings. The highest BCUT2D eigenvalue weighted by atomic mass is 32.1. The van der Waals surface area contributed by atoms with E-state index in [2.05, 4.69) is 5.32 Å². The summed E-state index contributed by atoms with van der Waals surface area (Å²) < 4.78 is 5.05. The molecule has 0 fully saturated rings. The van der Waals surface area contributed by atoms with Crippen LogP contribution in [0.2, 0.25) is 0 Å². The monoisotopic (exact) mass is 277 g/mol. The summed E-state index contributed by atoms with van der Waals surface area (Å²) >= 11 is 1.58. The Morgan fingerprint density at radius 3 is 2.84 bits per heavy atom. The fraction of sp³-hybridized carbons (Fsp3) is 0.214. The van der Waals surface area contributed by atoms with Gasteiger partial charge in [0.15, 0.2) is 0 Å². The molecule has 1 aromatic carbocycles. The predicted molar refractivity (Wildman–Crippen MR) is 74.9 cm³/mol. The number of aromatic hydroxyl groups is 1. The zero-order valence-electron chi connectivity index (χ0n) is 10.7. The molecule has 0 radical (unpaired) electrons. The molecule has 1 aromatic heterocycles. The van der Waals surface area contributed by atoms with Crippen molar-refractivity contribution in [1.29, 1.82) is 0 Å². The van der Waals surface area contributed by atoms with Gasteiger partial charge in [-0.2, -0.15) is 0 Å². The Morgan fingerprint density at radius 2 is 2.21 bits per heavy atom. The number of phenols is 1. The summed E-state index contributed by atoms with van der Waals surface area (Å²) in [4.78, 5) is 13.2. The highest BCUT2D eigenvalue weighted by molar-refractivity contribution is 7.10. The number of methoxy groups -OCH3 is 1. The predicted octanol–water partition coefficient (Wildman–Crippen LogP) is 2.95. The van der Waals surface area contributed by atoms with E-state index in [4.69, 9.17) is 4.74 Å². The second kappa shape index (κ2) is 5.75. The van der Waals surface area contributed by atoms with E-state index in [1.165, 1.54) is 19.2 Å². The minimum atomic E-state index is -0.322. The standard InChI is InChI=1S/C14H15NO3S/c1-9(13-4-3-7-19-13)15-14(17)11-8-10(18-2)5-6-12(11)16/h3-9,16H,1-2H3,(H,15,17). The van der Waals surface area contributed by atoms with Crippen LogP contribution in [0.5, 0.6) is 11.5 Å². The first kappa shape index (κ1) is 13.4. The summed E-state index contributed by atoms with van der Waals surface area (Å²) in [5.74, 6) is 0.153. The van der Waals surface area contributed by atoms with Crippen molar-refractivity contribution < 1.29 is 14.6 Å². The lowest BCUT2D eigenvalue weighted by Crippen LogP contribution is -2.26. The largest absolute Gasteiger partial charge is 0.507 e. The van der Waals surface area contributed by atoms with Crippen LogP contribution in [-0.2, 0) is 0 Å². The number of amides is 1. The summed E-state index contributed by atoms with van der Waals surface area (Å²) in [6, 6.07) is 8.37. The maximum absolute atomic E-state index is 12.1. The van der Waals surface area contributed by atoms with Gasteiger partial charge in [0.2, 0.25) is 0 Å². The first-order chi connectivity index (χ1) is 9.11. The van der Waals surface area contributed by atoms with Crippen LogP contribution in [0.3, 0.4) is 0 Å². The van der Waals surface area contributed by atoms with Gasteiger partial charge in [-0.05, 0) is 36.6 Å². The van der Waals surface area contributed by atoms with Crippen LogP contribution in [-0.4, -0.2) is 18.1 Å². The normalized spacial score (nSPS) is 11.9. The topological polar surface area (TPSA) is 58.6 Å². The van der Waals surface area contributed by atoms with Crippen LogP contribution in [0.1, 0.15) is 28.2 Å². The first-order valence-corrected chi connectivity index (χ1v) is 6.71. The van der Waals surface area contributed by atoms with Crippen LogP contribution in [0, 0.1) is 0 Å². The average Bonchev–Trinajstić information content (AvgIpc) is 2.93. The molecule has 4 nitrogen and oxygen atoms in total. The van der Waals surface area contributed by atoms with Gasteiger partial charge >= 0.3 is 0 Å². The Kier molecular flexibility index (Phi) is 4.06. The van der Waals surface area contributed by atoms with Gasteiger partial charge in [-0.1, -0.05) is 6.07 Å². The summed E-state index contributed by atoms with van der Waals surface area (Å²) in [7, 11) is 1.52. The maximum atomic E-state index is 12.1. The Balaban J connectivity index is 2.16. The van der Waals surface area contributed by atoms with E-state index in [1.807, 2.05) is 24.4 Å². The molecule has 100 valence electrons. The highest BCUT2D eigenvalue weighted by Gasteiger charge is 2.16. The number of thiophene rings is 1. The van der Waals surface area contributed by atoms with Crippen molar-refractivity contribution in [2.24, 2.45) is 0 Å². The van der Waals surface area contributed by atoms with E-state index in [-0.39, 0.29) is 23.3 Å². The van der Waals surface area contributed by atoms with Crippen molar-refractivity contribution in [3.05, 3.63) is 46.2 Å². The van der Waals surface area contributed by atoms with Crippen molar-refractivity contribution in [2.45, 2.75) is 13.0 Å². The number of hydrogen-bond acceptors (Lipinski definition) is 4. The molecule has 0 aliphatic carbocycles. The molecule has 2 N–H and O–H groups in total. The van der Waals surface area contributed by atoms with Gasteiger partial charge in [0.05, 0.1) is 18.7 Å². The molecule has 0 aliphatic heterocycles. The second-order valence-corrected chi connectivity index (χ2v) is 5.07. The summed E-state index contributed by atoms with van der Waals surface area (Å²) in [5.41, 5.74) is 0.211. The Hall–Kier alpha value is -2.01. The molecule has 0 bridgehead atoms. The van der Waals surface area contributed by atoms with E-state index < -0.39 is 0 Å². The Labute approximate surface area is 115 Å². The molecule has 2 rings (SSSR count). The lowest BCUT2D eigenvalue weighted by atomic mass is 10.1. The zero-order valence-corrected chi connectivity index (χ0v) is 11.5. The molecular formula is C14H15NO3S. The van der Waals surface area contributed by atoms with Crippen LogP contribution in [0.4, 0.5) is 0 Å². The highest BCUT2D eigenvalue weighted by Crippen LogP contribution is 2.24. The number of nitrogens with one attached hydrogen (secondary N) is 1. The molecule has 0 spiro atoms. The summed E-state index contributed by atoms with van der Waals surface area (Å²) in [5, 5.41) is 14.5. The SMILES string of the molecule is COc1ccc(O)c(C(=O)NC(C)c2cccs2)c1. The van der Waals surface area contributed by atoms with E-state index in [1.54, 1.807) is 17.4 Å². The van der Waals surface area contributed by atoms with Crippen molar-refractivity contribution >= 4 is 17.2 Å². The summed E-state index contributed by atoms with van der Waals surface area (Å²) in [6.45, 7) is 1.90. The van der Waals surface area contributed by atoms with Crippen molar-refractivity contribution in [3.8, 4) is 11.5 Å². The molecule has 1 unspecified atom stereocenters. The number of carbonyl (C=O) groups excluding carboxylic acids is 1. The van der Waals surface area contributed by atoms with Gasteiger partial charge in [-0.15, -0.1) is 11.3 Å². The first-order valence-electron chi connectivity index (χ1n) is 5.83. The number of ether oxygens (including phenoxy) is 1. The van der Waals surface area contributed by atoms with Gasteiger partial charge in [0.25, 0.3) is 5.91 Å². The Morgan fingerprint density at radius 1 is 1.42 bits per heavy atom. The van der Waals surface area contributed by atoms with Gasteiger partial charge < -0.3 is 15.2 Å². The number of rotatable bonds is 4.